The number of aryl methyl sites for hydroxylation is 1. The zero-order chi connectivity index (χ0) is 17.6. The average molecular weight is 362 g/mol. The van der Waals surface area contributed by atoms with Crippen molar-refractivity contribution < 1.29 is 14.6 Å². The molecule has 1 fully saturated rings. The van der Waals surface area contributed by atoms with Gasteiger partial charge in [0.2, 0.25) is 0 Å². The van der Waals surface area contributed by atoms with Crippen LogP contribution < -0.4 is 9.47 Å². The van der Waals surface area contributed by atoms with Crippen LogP contribution in [0.2, 0.25) is 5.02 Å². The second-order valence-corrected chi connectivity index (χ2v) is 6.96. The number of nitrogens with zero attached hydrogens (tertiary/aromatic N) is 1. The first-order valence-electron chi connectivity index (χ1n) is 8.60. The monoisotopic (exact) mass is 361 g/mol. The molecule has 2 aromatic carbocycles. The molecule has 2 atom stereocenters. The Morgan fingerprint density at radius 3 is 2.76 bits per heavy atom. The first-order valence-corrected chi connectivity index (χ1v) is 8.98. The van der Waals surface area contributed by atoms with Gasteiger partial charge in [-0.1, -0.05) is 23.7 Å². The van der Waals surface area contributed by atoms with Crippen molar-refractivity contribution in [2.75, 3.05) is 26.2 Å². The van der Waals surface area contributed by atoms with Gasteiger partial charge < -0.3 is 14.6 Å². The molecule has 0 aliphatic carbocycles. The van der Waals surface area contributed by atoms with E-state index >= 15 is 0 Å². The Bertz CT molecular complexity index is 677. The first-order chi connectivity index (χ1) is 12.1. The Hall–Kier alpha value is -1.75. The number of benzene rings is 2. The SMILES string of the molecule is Cc1cccc(OCC(O)CN2CCC(Oc3ccc(Cl)cc3)C2)c1. The molecule has 0 bridgehead atoms. The average Bonchev–Trinajstić information content (AvgIpc) is 3.02. The highest BCUT2D eigenvalue weighted by molar-refractivity contribution is 6.30. The molecular formula is C20H24ClNO3. The maximum Gasteiger partial charge on any atom is 0.119 e. The number of β-amino-alcohol motifs (C(OH)–C–C–N with tert-alkyl or cyclic N) is 1. The number of ether oxygens (including phenoxy) is 2. The summed E-state index contributed by atoms with van der Waals surface area (Å²) >= 11 is 5.89. The van der Waals surface area contributed by atoms with Crippen LogP contribution in [0.3, 0.4) is 0 Å². The lowest BCUT2D eigenvalue weighted by Gasteiger charge is -2.20. The fourth-order valence-corrected chi connectivity index (χ4v) is 3.14. The van der Waals surface area contributed by atoms with E-state index in [4.69, 9.17) is 21.1 Å². The van der Waals surface area contributed by atoms with E-state index in [1.54, 1.807) is 0 Å². The van der Waals surface area contributed by atoms with Crippen molar-refractivity contribution in [1.29, 1.82) is 0 Å². The van der Waals surface area contributed by atoms with E-state index in [2.05, 4.69) is 4.90 Å². The summed E-state index contributed by atoms with van der Waals surface area (Å²) in [6.45, 7) is 4.63. The van der Waals surface area contributed by atoms with E-state index < -0.39 is 6.10 Å². The lowest BCUT2D eigenvalue weighted by atomic mass is 10.2. The number of likely N-dealkylation sites (tertiary alicyclic amines) is 1. The summed E-state index contributed by atoms with van der Waals surface area (Å²) in [6, 6.07) is 15.3. The molecule has 0 amide bonds. The highest BCUT2D eigenvalue weighted by Gasteiger charge is 2.25. The Morgan fingerprint density at radius 2 is 2.00 bits per heavy atom. The van der Waals surface area contributed by atoms with Gasteiger partial charge in [0.05, 0.1) is 0 Å². The molecule has 134 valence electrons. The van der Waals surface area contributed by atoms with Crippen LogP contribution >= 0.6 is 11.6 Å². The minimum atomic E-state index is -0.519. The fourth-order valence-electron chi connectivity index (χ4n) is 3.01. The van der Waals surface area contributed by atoms with Gasteiger partial charge in [-0.25, -0.2) is 0 Å². The van der Waals surface area contributed by atoms with E-state index in [0.29, 0.717) is 18.2 Å². The Balaban J connectivity index is 1.40. The molecule has 1 heterocycles. The number of rotatable bonds is 7. The standard InChI is InChI=1S/C20H24ClNO3/c1-15-3-2-4-19(11-15)24-14-17(23)12-22-10-9-20(13-22)25-18-7-5-16(21)6-8-18/h2-8,11,17,20,23H,9-10,12-14H2,1H3. The summed E-state index contributed by atoms with van der Waals surface area (Å²) in [6.07, 6.45) is 0.578. The molecule has 4 nitrogen and oxygen atoms in total. The molecule has 25 heavy (non-hydrogen) atoms. The van der Waals surface area contributed by atoms with Crippen LogP contribution in [0.1, 0.15) is 12.0 Å². The molecule has 0 aromatic heterocycles. The minimum Gasteiger partial charge on any atom is -0.491 e. The van der Waals surface area contributed by atoms with E-state index in [1.807, 2.05) is 55.5 Å². The van der Waals surface area contributed by atoms with Gasteiger partial charge in [0.25, 0.3) is 0 Å². The Kier molecular flexibility index (Phi) is 6.19. The topological polar surface area (TPSA) is 41.9 Å². The van der Waals surface area contributed by atoms with Crippen LogP contribution in [0.15, 0.2) is 48.5 Å². The van der Waals surface area contributed by atoms with Crippen molar-refractivity contribution in [3.63, 3.8) is 0 Å². The maximum absolute atomic E-state index is 10.2. The van der Waals surface area contributed by atoms with E-state index in [1.165, 1.54) is 0 Å². The smallest absolute Gasteiger partial charge is 0.119 e. The van der Waals surface area contributed by atoms with Crippen molar-refractivity contribution in [2.45, 2.75) is 25.6 Å². The van der Waals surface area contributed by atoms with Gasteiger partial charge in [0, 0.05) is 24.7 Å². The summed E-state index contributed by atoms with van der Waals surface area (Å²) in [4.78, 5) is 2.21. The van der Waals surface area contributed by atoms with E-state index in [-0.39, 0.29) is 6.10 Å². The van der Waals surface area contributed by atoms with Crippen molar-refractivity contribution in [2.24, 2.45) is 0 Å². The van der Waals surface area contributed by atoms with Gasteiger partial charge in [-0.3, -0.25) is 4.90 Å². The van der Waals surface area contributed by atoms with Crippen molar-refractivity contribution in [3.05, 3.63) is 59.1 Å². The number of hydrogen-bond donors (Lipinski definition) is 1. The van der Waals surface area contributed by atoms with Gasteiger partial charge in [0.15, 0.2) is 0 Å². The zero-order valence-corrected chi connectivity index (χ0v) is 15.2. The summed E-state index contributed by atoms with van der Waals surface area (Å²) in [5, 5.41) is 10.9. The van der Waals surface area contributed by atoms with Crippen LogP contribution in [0.25, 0.3) is 0 Å². The van der Waals surface area contributed by atoms with E-state index in [9.17, 15) is 5.11 Å². The summed E-state index contributed by atoms with van der Waals surface area (Å²) in [7, 11) is 0. The Labute approximate surface area is 153 Å². The fraction of sp³-hybridized carbons (Fsp3) is 0.400. The second-order valence-electron chi connectivity index (χ2n) is 6.52. The predicted octanol–water partition coefficient (Wildman–Crippen LogP) is 3.54. The van der Waals surface area contributed by atoms with Crippen molar-refractivity contribution in [1.82, 2.24) is 4.90 Å². The molecule has 2 aromatic rings. The van der Waals surface area contributed by atoms with Crippen LogP contribution in [0, 0.1) is 6.92 Å². The quantitative estimate of drug-likeness (QED) is 0.819. The Morgan fingerprint density at radius 1 is 1.20 bits per heavy atom. The molecule has 1 saturated heterocycles. The number of aliphatic hydroxyl groups excluding tert-OH is 1. The highest BCUT2D eigenvalue weighted by atomic mass is 35.5. The number of aliphatic hydroxyl groups is 1. The third-order valence-electron chi connectivity index (χ3n) is 4.25. The molecule has 1 aliphatic rings. The second kappa shape index (κ2) is 8.56. The van der Waals surface area contributed by atoms with Crippen LogP contribution in [-0.4, -0.2) is 48.5 Å². The molecule has 2 unspecified atom stereocenters. The maximum atomic E-state index is 10.2. The number of hydrogen-bond acceptors (Lipinski definition) is 4. The molecule has 5 heteroatoms. The third kappa shape index (κ3) is 5.63. The number of halogens is 1. The molecule has 0 spiro atoms. The van der Waals surface area contributed by atoms with Crippen LogP contribution in [0.4, 0.5) is 0 Å². The normalized spacial score (nSPS) is 18.9. The van der Waals surface area contributed by atoms with Crippen molar-refractivity contribution in [3.8, 4) is 11.5 Å². The minimum absolute atomic E-state index is 0.145. The highest BCUT2D eigenvalue weighted by Crippen LogP contribution is 2.21. The van der Waals surface area contributed by atoms with Gasteiger partial charge in [-0.15, -0.1) is 0 Å². The third-order valence-corrected chi connectivity index (χ3v) is 4.50. The largest absolute Gasteiger partial charge is 0.491 e. The van der Waals surface area contributed by atoms with Gasteiger partial charge in [-0.05, 0) is 55.3 Å². The van der Waals surface area contributed by atoms with Gasteiger partial charge >= 0.3 is 0 Å². The van der Waals surface area contributed by atoms with Gasteiger partial charge in [-0.2, -0.15) is 0 Å². The molecule has 1 aliphatic heterocycles. The molecule has 0 radical (unpaired) electrons. The van der Waals surface area contributed by atoms with Gasteiger partial charge in [0.1, 0.15) is 30.3 Å². The lowest BCUT2D eigenvalue weighted by molar-refractivity contribution is 0.0720. The predicted molar refractivity (Wildman–Crippen MR) is 99.6 cm³/mol. The zero-order valence-electron chi connectivity index (χ0n) is 14.4. The van der Waals surface area contributed by atoms with Crippen LogP contribution in [-0.2, 0) is 0 Å². The van der Waals surface area contributed by atoms with Crippen molar-refractivity contribution >= 4 is 11.6 Å². The molecule has 1 N–H and O–H groups in total. The first kappa shape index (κ1) is 18.1. The molecule has 0 saturated carbocycles. The molecular weight excluding hydrogens is 338 g/mol. The van der Waals surface area contributed by atoms with E-state index in [0.717, 1.165) is 36.6 Å². The summed E-state index contributed by atoms with van der Waals surface area (Å²) < 4.78 is 11.6. The molecule has 3 rings (SSSR count). The lowest BCUT2D eigenvalue weighted by Crippen LogP contribution is -2.35. The van der Waals surface area contributed by atoms with Crippen LogP contribution in [0.5, 0.6) is 11.5 Å². The summed E-state index contributed by atoms with van der Waals surface area (Å²) in [5.74, 6) is 1.63. The summed E-state index contributed by atoms with van der Waals surface area (Å²) in [5.41, 5.74) is 1.15.